The number of hydrogen-bond acceptors (Lipinski definition) is 5. The van der Waals surface area contributed by atoms with Crippen LogP contribution in [0.25, 0.3) is 0 Å². The number of benzene rings is 3. The van der Waals surface area contributed by atoms with Gasteiger partial charge in [0.15, 0.2) is 0 Å². The van der Waals surface area contributed by atoms with Gasteiger partial charge in [0, 0.05) is 13.6 Å². The van der Waals surface area contributed by atoms with Crippen molar-refractivity contribution in [1.82, 2.24) is 9.79 Å². The predicted octanol–water partition coefficient (Wildman–Crippen LogP) is 4.69. The molecule has 1 saturated heterocycles. The molecule has 3 aromatic rings. The summed E-state index contributed by atoms with van der Waals surface area (Å²) in [4.78, 5) is 5.53. The number of nitrogens with zero attached hydrogens (tertiary/aromatic N) is 1. The number of sulfonamides is 1. The van der Waals surface area contributed by atoms with Gasteiger partial charge in [0.2, 0.25) is 10.0 Å². The Morgan fingerprint density at radius 1 is 1.00 bits per heavy atom. The van der Waals surface area contributed by atoms with Crippen molar-refractivity contribution >= 4 is 10.0 Å². The van der Waals surface area contributed by atoms with Crippen LogP contribution in [0.1, 0.15) is 28.3 Å². The van der Waals surface area contributed by atoms with Crippen molar-refractivity contribution in [3.8, 4) is 5.75 Å². The van der Waals surface area contributed by atoms with Crippen LogP contribution >= 0.6 is 0 Å². The Morgan fingerprint density at radius 2 is 1.71 bits per heavy atom. The highest BCUT2D eigenvalue weighted by Gasteiger charge is 2.43. The summed E-state index contributed by atoms with van der Waals surface area (Å²) in [5.41, 5.74) is 1.07. The van der Waals surface area contributed by atoms with Crippen LogP contribution in [0.15, 0.2) is 78.9 Å². The van der Waals surface area contributed by atoms with Gasteiger partial charge in [-0.05, 0) is 34.9 Å². The zero-order chi connectivity index (χ0) is 25.1. The van der Waals surface area contributed by atoms with Crippen molar-refractivity contribution in [3.63, 3.8) is 0 Å². The molecule has 6 nitrogen and oxygen atoms in total. The quantitative estimate of drug-likeness (QED) is 0.480. The molecule has 0 bridgehead atoms. The Bertz CT molecular complexity index is 1250. The molecule has 0 aliphatic carbocycles. The Morgan fingerprint density at radius 3 is 2.46 bits per heavy atom. The molecule has 1 heterocycles. The summed E-state index contributed by atoms with van der Waals surface area (Å²) in [5.74, 6) is 0.583. The molecular weight excluding hydrogens is 481 g/mol. The lowest BCUT2D eigenvalue weighted by Crippen LogP contribution is -2.39. The highest BCUT2D eigenvalue weighted by atomic mass is 32.2. The minimum Gasteiger partial charge on any atom is -0.489 e. The van der Waals surface area contributed by atoms with E-state index in [9.17, 15) is 21.6 Å². The standard InChI is InChI=1S/C25H25F3N2O4S/c1-30-24(20-10-6-12-22(14-20)33-16-18-7-3-2-4-8-18)23(17-34-30)35(31,32)29-15-19-9-5-11-21(13-19)25(26,27)28/h2-14,23-24,29H,15-17H2,1H3/t23-,24-/m1/s1. The summed E-state index contributed by atoms with van der Waals surface area (Å²) in [6.07, 6.45) is -4.50. The molecule has 0 saturated carbocycles. The van der Waals surface area contributed by atoms with Crippen LogP contribution in [-0.2, 0) is 34.2 Å². The van der Waals surface area contributed by atoms with Gasteiger partial charge in [0.05, 0.1) is 18.2 Å². The van der Waals surface area contributed by atoms with Gasteiger partial charge in [-0.2, -0.15) is 18.2 Å². The maximum absolute atomic E-state index is 13.1. The fourth-order valence-electron chi connectivity index (χ4n) is 3.96. The first-order chi connectivity index (χ1) is 16.6. The van der Waals surface area contributed by atoms with Crippen molar-refractivity contribution in [2.75, 3.05) is 13.7 Å². The second-order valence-electron chi connectivity index (χ2n) is 8.24. The molecule has 1 N–H and O–H groups in total. The molecule has 4 rings (SSSR count). The summed E-state index contributed by atoms with van der Waals surface area (Å²) in [6, 6.07) is 20.7. The normalized spacial score (nSPS) is 19.1. The molecule has 186 valence electrons. The van der Waals surface area contributed by atoms with E-state index < -0.39 is 33.1 Å². The van der Waals surface area contributed by atoms with E-state index in [1.807, 2.05) is 30.3 Å². The van der Waals surface area contributed by atoms with Gasteiger partial charge in [-0.1, -0.05) is 60.7 Å². The van der Waals surface area contributed by atoms with Gasteiger partial charge in [0.25, 0.3) is 0 Å². The van der Waals surface area contributed by atoms with E-state index in [0.717, 1.165) is 17.7 Å². The molecule has 1 fully saturated rings. The van der Waals surface area contributed by atoms with E-state index >= 15 is 0 Å². The van der Waals surface area contributed by atoms with Crippen molar-refractivity contribution in [2.24, 2.45) is 0 Å². The Labute approximate surface area is 202 Å². The lowest BCUT2D eigenvalue weighted by atomic mass is 10.0. The summed E-state index contributed by atoms with van der Waals surface area (Å²) in [5, 5.41) is 0.507. The smallest absolute Gasteiger partial charge is 0.416 e. The molecule has 1 aliphatic heterocycles. The first-order valence-electron chi connectivity index (χ1n) is 10.9. The van der Waals surface area contributed by atoms with Crippen molar-refractivity contribution in [1.29, 1.82) is 0 Å². The monoisotopic (exact) mass is 506 g/mol. The second-order valence-corrected chi connectivity index (χ2v) is 10.2. The molecule has 10 heteroatoms. The maximum atomic E-state index is 13.1. The van der Waals surface area contributed by atoms with Crippen LogP contribution in [0, 0.1) is 0 Å². The third-order valence-electron chi connectivity index (χ3n) is 5.76. The zero-order valence-electron chi connectivity index (χ0n) is 18.9. The third kappa shape index (κ3) is 6.21. The number of nitrogens with one attached hydrogen (secondary N) is 1. The van der Waals surface area contributed by atoms with Gasteiger partial charge in [-0.3, -0.25) is 4.84 Å². The molecular formula is C25H25F3N2O4S. The SMILES string of the molecule is CN1OC[C@@H](S(=O)(=O)NCc2cccc(C(F)(F)F)c2)[C@H]1c1cccc(OCc2ccccc2)c1. The van der Waals surface area contributed by atoms with Gasteiger partial charge in [0.1, 0.15) is 17.6 Å². The highest BCUT2D eigenvalue weighted by Crippen LogP contribution is 2.35. The molecule has 0 unspecified atom stereocenters. The van der Waals surface area contributed by atoms with E-state index in [-0.39, 0.29) is 18.7 Å². The zero-order valence-corrected chi connectivity index (χ0v) is 19.7. The number of alkyl halides is 3. The average molecular weight is 507 g/mol. The second kappa shape index (κ2) is 10.4. The Balaban J connectivity index is 1.48. The highest BCUT2D eigenvalue weighted by molar-refractivity contribution is 7.90. The minimum absolute atomic E-state index is 0.0891. The van der Waals surface area contributed by atoms with Gasteiger partial charge in [-0.15, -0.1) is 0 Å². The first-order valence-corrected chi connectivity index (χ1v) is 12.5. The topological polar surface area (TPSA) is 67.9 Å². The molecule has 0 aromatic heterocycles. The van der Waals surface area contributed by atoms with Crippen LogP contribution in [0.2, 0.25) is 0 Å². The minimum atomic E-state index is -4.50. The van der Waals surface area contributed by atoms with E-state index in [0.29, 0.717) is 17.9 Å². The molecule has 0 spiro atoms. The number of hydrogen-bond donors (Lipinski definition) is 1. The number of rotatable bonds is 8. The lowest BCUT2D eigenvalue weighted by Gasteiger charge is -2.23. The maximum Gasteiger partial charge on any atom is 0.416 e. The fraction of sp³-hybridized carbons (Fsp3) is 0.280. The molecule has 1 aliphatic rings. The van der Waals surface area contributed by atoms with Gasteiger partial charge < -0.3 is 4.74 Å². The summed E-state index contributed by atoms with van der Waals surface area (Å²) in [6.45, 7) is 0.00910. The van der Waals surface area contributed by atoms with E-state index in [1.165, 1.54) is 17.2 Å². The van der Waals surface area contributed by atoms with E-state index in [2.05, 4.69) is 4.72 Å². The van der Waals surface area contributed by atoms with Crippen LogP contribution < -0.4 is 9.46 Å². The van der Waals surface area contributed by atoms with Crippen molar-refractivity contribution < 1.29 is 31.2 Å². The summed E-state index contributed by atoms with van der Waals surface area (Å²) >= 11 is 0. The molecule has 35 heavy (non-hydrogen) atoms. The molecule has 3 aromatic carbocycles. The summed E-state index contributed by atoms with van der Waals surface area (Å²) < 4.78 is 73.6. The Kier molecular flexibility index (Phi) is 7.46. The number of halogens is 3. The van der Waals surface area contributed by atoms with Gasteiger partial charge in [-0.25, -0.2) is 13.1 Å². The largest absolute Gasteiger partial charge is 0.489 e. The van der Waals surface area contributed by atoms with Crippen molar-refractivity contribution in [2.45, 2.75) is 30.6 Å². The van der Waals surface area contributed by atoms with Crippen LogP contribution in [-0.4, -0.2) is 32.4 Å². The van der Waals surface area contributed by atoms with Gasteiger partial charge >= 0.3 is 6.18 Å². The lowest BCUT2D eigenvalue weighted by molar-refractivity contribution is -0.137. The number of hydroxylamine groups is 2. The van der Waals surface area contributed by atoms with Crippen LogP contribution in [0.4, 0.5) is 13.2 Å². The Hall–Kier alpha value is -2.92. The molecule has 0 radical (unpaired) electrons. The van der Waals surface area contributed by atoms with E-state index in [4.69, 9.17) is 9.57 Å². The molecule has 0 amide bonds. The first kappa shape index (κ1) is 25.2. The van der Waals surface area contributed by atoms with Crippen molar-refractivity contribution in [3.05, 3.63) is 101 Å². The third-order valence-corrected chi connectivity index (χ3v) is 7.50. The number of ether oxygens (including phenoxy) is 1. The predicted molar refractivity (Wildman–Crippen MR) is 125 cm³/mol. The summed E-state index contributed by atoms with van der Waals surface area (Å²) in [7, 11) is -2.30. The fourth-order valence-corrected chi connectivity index (χ4v) is 5.45. The van der Waals surface area contributed by atoms with E-state index in [1.54, 1.807) is 31.3 Å². The van der Waals surface area contributed by atoms with Crippen LogP contribution in [0.3, 0.4) is 0 Å². The molecule has 2 atom stereocenters. The van der Waals surface area contributed by atoms with Crippen LogP contribution in [0.5, 0.6) is 5.75 Å². The average Bonchev–Trinajstić information content (AvgIpc) is 3.24.